The molecule has 2 heterocycles. The first-order valence-electron chi connectivity index (χ1n) is 7.94. The van der Waals surface area contributed by atoms with Crippen LogP contribution < -0.4 is 5.32 Å². The lowest BCUT2D eigenvalue weighted by Crippen LogP contribution is -2.23. The van der Waals surface area contributed by atoms with Crippen LogP contribution in [0, 0.1) is 0 Å². The number of phenolic OH excluding ortho intramolecular Hbond substituents is 1. The maximum atomic E-state index is 11.2. The smallest absolute Gasteiger partial charge is 0.217 e. The van der Waals surface area contributed by atoms with E-state index in [1.807, 2.05) is 31.2 Å². The van der Waals surface area contributed by atoms with Gasteiger partial charge in [-0.2, -0.15) is 0 Å². The number of benzene rings is 1. The second kappa shape index (κ2) is 6.74. The van der Waals surface area contributed by atoms with Gasteiger partial charge in [0.25, 0.3) is 0 Å². The molecule has 3 rings (SSSR count). The van der Waals surface area contributed by atoms with Crippen LogP contribution in [-0.2, 0) is 17.6 Å². The summed E-state index contributed by atoms with van der Waals surface area (Å²) in [6.45, 7) is 3.38. The second-order valence-electron chi connectivity index (χ2n) is 5.95. The Morgan fingerprint density at radius 2 is 2.00 bits per heavy atom. The maximum absolute atomic E-state index is 11.2. The molecule has 124 valence electrons. The number of carbonyl (C=O) groups excluding carboxylic acids is 1. The highest BCUT2D eigenvalue weighted by Crippen LogP contribution is 2.24. The lowest BCUT2D eigenvalue weighted by atomic mass is 10.1. The zero-order chi connectivity index (χ0) is 17.1. The van der Waals surface area contributed by atoms with E-state index in [1.54, 1.807) is 18.3 Å². The molecule has 0 saturated heterocycles. The molecule has 24 heavy (non-hydrogen) atoms. The van der Waals surface area contributed by atoms with Gasteiger partial charge in [-0.1, -0.05) is 12.1 Å². The number of furan rings is 1. The van der Waals surface area contributed by atoms with Crippen LogP contribution in [0.1, 0.15) is 36.9 Å². The Labute approximate surface area is 140 Å². The van der Waals surface area contributed by atoms with Crippen molar-refractivity contribution in [3.63, 3.8) is 0 Å². The second-order valence-corrected chi connectivity index (χ2v) is 5.95. The molecule has 0 fully saturated rings. The predicted octanol–water partition coefficient (Wildman–Crippen LogP) is 3.52. The summed E-state index contributed by atoms with van der Waals surface area (Å²) in [6, 6.07) is 11.0. The SMILES string of the molecule is CC(=O)NC(C)c1cc2cc(CCc3ccc(O)cc3)ncc2o1. The van der Waals surface area contributed by atoms with E-state index < -0.39 is 0 Å². The molecule has 0 bridgehead atoms. The monoisotopic (exact) mass is 324 g/mol. The number of rotatable bonds is 5. The molecule has 2 aromatic heterocycles. The molecule has 2 N–H and O–H groups in total. The average molecular weight is 324 g/mol. The van der Waals surface area contributed by atoms with Crippen molar-refractivity contribution < 1.29 is 14.3 Å². The normalized spacial score (nSPS) is 12.2. The lowest BCUT2D eigenvalue weighted by molar-refractivity contribution is -0.119. The van der Waals surface area contributed by atoms with E-state index in [0.717, 1.165) is 40.8 Å². The quantitative estimate of drug-likeness (QED) is 0.753. The summed E-state index contributed by atoms with van der Waals surface area (Å²) in [4.78, 5) is 15.6. The molecule has 1 atom stereocenters. The summed E-state index contributed by atoms with van der Waals surface area (Å²) >= 11 is 0. The molecule has 0 radical (unpaired) electrons. The molecule has 0 aliphatic heterocycles. The summed E-state index contributed by atoms with van der Waals surface area (Å²) in [5.41, 5.74) is 2.85. The molecule has 1 amide bonds. The fourth-order valence-electron chi connectivity index (χ4n) is 2.67. The van der Waals surface area contributed by atoms with Crippen LogP contribution in [0.5, 0.6) is 5.75 Å². The van der Waals surface area contributed by atoms with E-state index in [0.29, 0.717) is 0 Å². The third kappa shape index (κ3) is 3.74. The van der Waals surface area contributed by atoms with Crippen LogP contribution in [0.15, 0.2) is 47.0 Å². The number of hydrogen-bond acceptors (Lipinski definition) is 4. The molecular weight excluding hydrogens is 304 g/mol. The third-order valence-electron chi connectivity index (χ3n) is 3.93. The van der Waals surface area contributed by atoms with E-state index in [9.17, 15) is 9.90 Å². The van der Waals surface area contributed by atoms with Crippen molar-refractivity contribution in [3.8, 4) is 5.75 Å². The highest BCUT2D eigenvalue weighted by molar-refractivity contribution is 5.78. The summed E-state index contributed by atoms with van der Waals surface area (Å²) in [6.07, 6.45) is 3.39. The van der Waals surface area contributed by atoms with E-state index in [1.165, 1.54) is 6.92 Å². The maximum Gasteiger partial charge on any atom is 0.217 e. The number of aromatic hydroxyl groups is 1. The summed E-state index contributed by atoms with van der Waals surface area (Å²) in [5.74, 6) is 0.908. The Morgan fingerprint density at radius 1 is 1.25 bits per heavy atom. The lowest BCUT2D eigenvalue weighted by Gasteiger charge is -2.08. The number of aromatic nitrogens is 1. The molecule has 3 aromatic rings. The van der Waals surface area contributed by atoms with Crippen molar-refractivity contribution in [3.05, 3.63) is 59.6 Å². The topological polar surface area (TPSA) is 75.4 Å². The minimum Gasteiger partial charge on any atom is -0.508 e. The number of carbonyl (C=O) groups is 1. The number of fused-ring (bicyclic) bond motifs is 1. The first-order valence-corrected chi connectivity index (χ1v) is 7.94. The van der Waals surface area contributed by atoms with Crippen LogP contribution in [-0.4, -0.2) is 16.0 Å². The number of hydrogen-bond donors (Lipinski definition) is 2. The van der Waals surface area contributed by atoms with Crippen LogP contribution in [0.3, 0.4) is 0 Å². The van der Waals surface area contributed by atoms with E-state index in [4.69, 9.17) is 4.42 Å². The van der Waals surface area contributed by atoms with E-state index in [-0.39, 0.29) is 17.7 Å². The average Bonchev–Trinajstić information content (AvgIpc) is 2.97. The molecular formula is C19H20N2O3. The van der Waals surface area contributed by atoms with Gasteiger partial charge < -0.3 is 14.8 Å². The van der Waals surface area contributed by atoms with Crippen molar-refractivity contribution in [2.24, 2.45) is 0 Å². The largest absolute Gasteiger partial charge is 0.508 e. The van der Waals surface area contributed by atoms with Gasteiger partial charge in [0.2, 0.25) is 5.91 Å². The van der Waals surface area contributed by atoms with Gasteiger partial charge in [-0.3, -0.25) is 9.78 Å². The van der Waals surface area contributed by atoms with Crippen molar-refractivity contribution in [2.75, 3.05) is 0 Å². The number of nitrogens with one attached hydrogen (secondary N) is 1. The Hall–Kier alpha value is -2.82. The third-order valence-corrected chi connectivity index (χ3v) is 3.93. The Kier molecular flexibility index (Phi) is 4.51. The number of amides is 1. The van der Waals surface area contributed by atoms with E-state index >= 15 is 0 Å². The van der Waals surface area contributed by atoms with E-state index in [2.05, 4.69) is 10.3 Å². The fourth-order valence-corrected chi connectivity index (χ4v) is 2.67. The van der Waals surface area contributed by atoms with Crippen LogP contribution in [0.25, 0.3) is 11.0 Å². The first-order chi connectivity index (χ1) is 11.5. The van der Waals surface area contributed by atoms with Gasteiger partial charge in [0.05, 0.1) is 12.2 Å². The number of nitrogens with zero attached hydrogens (tertiary/aromatic N) is 1. The minimum atomic E-state index is -0.171. The summed E-state index contributed by atoms with van der Waals surface area (Å²) < 4.78 is 5.76. The number of pyridine rings is 1. The Balaban J connectivity index is 1.73. The molecule has 0 aliphatic carbocycles. The van der Waals surface area contributed by atoms with Gasteiger partial charge in [0.15, 0.2) is 5.58 Å². The zero-order valence-electron chi connectivity index (χ0n) is 13.7. The van der Waals surface area contributed by atoms with Gasteiger partial charge in [-0.15, -0.1) is 0 Å². The van der Waals surface area contributed by atoms with Gasteiger partial charge >= 0.3 is 0 Å². The van der Waals surface area contributed by atoms with Crippen molar-refractivity contribution >= 4 is 16.9 Å². The van der Waals surface area contributed by atoms with Crippen molar-refractivity contribution in [2.45, 2.75) is 32.7 Å². The summed E-state index contributed by atoms with van der Waals surface area (Å²) in [7, 11) is 0. The van der Waals surface area contributed by atoms with Gasteiger partial charge in [0.1, 0.15) is 11.5 Å². The number of phenols is 1. The fraction of sp³-hybridized carbons (Fsp3) is 0.263. The standard InChI is InChI=1S/C19H20N2O3/c1-12(21-13(2)22)18-10-15-9-16(20-11-19(15)24-18)6-3-14-4-7-17(23)8-5-14/h4-5,7-12,23H,3,6H2,1-2H3,(H,21,22). The van der Waals surface area contributed by atoms with Crippen LogP contribution in [0.4, 0.5) is 0 Å². The van der Waals surface area contributed by atoms with Crippen LogP contribution >= 0.6 is 0 Å². The molecule has 1 unspecified atom stereocenters. The van der Waals surface area contributed by atoms with Gasteiger partial charge in [0, 0.05) is 18.0 Å². The molecule has 0 spiro atoms. The molecule has 0 aliphatic rings. The zero-order valence-corrected chi connectivity index (χ0v) is 13.7. The predicted molar refractivity (Wildman–Crippen MR) is 91.8 cm³/mol. The van der Waals surface area contributed by atoms with Gasteiger partial charge in [-0.25, -0.2) is 0 Å². The molecule has 5 heteroatoms. The first kappa shape index (κ1) is 16.1. The Morgan fingerprint density at radius 3 is 2.71 bits per heavy atom. The molecule has 1 aromatic carbocycles. The highest BCUT2D eigenvalue weighted by atomic mass is 16.3. The highest BCUT2D eigenvalue weighted by Gasteiger charge is 2.13. The van der Waals surface area contributed by atoms with Gasteiger partial charge in [-0.05, 0) is 49.6 Å². The molecule has 5 nitrogen and oxygen atoms in total. The minimum absolute atomic E-state index is 0.0873. The van der Waals surface area contributed by atoms with Crippen molar-refractivity contribution in [1.29, 1.82) is 0 Å². The number of aryl methyl sites for hydroxylation is 2. The summed E-state index contributed by atoms with van der Waals surface area (Å²) in [5, 5.41) is 13.1. The van der Waals surface area contributed by atoms with Crippen LogP contribution in [0.2, 0.25) is 0 Å². The van der Waals surface area contributed by atoms with Crippen molar-refractivity contribution in [1.82, 2.24) is 10.3 Å². The Bertz CT molecular complexity index is 853. The molecule has 0 saturated carbocycles.